The summed E-state index contributed by atoms with van der Waals surface area (Å²) in [6, 6.07) is 8.90. The Kier molecular flexibility index (Phi) is 7.20. The Hall–Kier alpha value is -3.36. The maximum Gasteiger partial charge on any atom is 0.416 e. The fraction of sp³-hybridized carbons (Fsp3) is 0.467. The Balaban J connectivity index is 1.43. The van der Waals surface area contributed by atoms with Crippen LogP contribution in [0.25, 0.3) is 0 Å². The lowest BCUT2D eigenvalue weighted by Crippen LogP contribution is -2.50. The van der Waals surface area contributed by atoms with Gasteiger partial charge in [-0.25, -0.2) is 9.18 Å². The van der Waals surface area contributed by atoms with E-state index in [0.29, 0.717) is 36.6 Å². The van der Waals surface area contributed by atoms with Gasteiger partial charge in [-0.05, 0) is 68.0 Å². The van der Waals surface area contributed by atoms with Gasteiger partial charge in [-0.3, -0.25) is 4.79 Å². The smallest absolute Gasteiger partial charge is 0.374 e. The van der Waals surface area contributed by atoms with E-state index in [2.05, 4.69) is 4.90 Å². The van der Waals surface area contributed by atoms with Crippen LogP contribution in [-0.2, 0) is 11.0 Å². The number of hydrogen-bond donors (Lipinski definition) is 0. The van der Waals surface area contributed by atoms with Gasteiger partial charge in [-0.2, -0.15) is 13.2 Å². The van der Waals surface area contributed by atoms with E-state index >= 15 is 0 Å². The average Bonchev–Trinajstić information content (AvgIpc) is 3.52. The molecule has 5 rings (SSSR count). The SMILES string of the molecule is Cc1cc(C(C)N(C)C(=O)N2CCC3CN(C4=CC(=O)CC4)C[C@H]3C2c2ccc(F)cc2)cc(C(F)(F)F)c1. The highest BCUT2D eigenvalue weighted by atomic mass is 19.4. The molecule has 0 bridgehead atoms. The summed E-state index contributed by atoms with van der Waals surface area (Å²) in [6.45, 7) is 5.31. The summed E-state index contributed by atoms with van der Waals surface area (Å²) in [5, 5.41) is 0. The quantitative estimate of drug-likeness (QED) is 0.413. The van der Waals surface area contributed by atoms with Crippen molar-refractivity contribution >= 4 is 11.8 Å². The Morgan fingerprint density at radius 1 is 1.08 bits per heavy atom. The van der Waals surface area contributed by atoms with Gasteiger partial charge in [-0.1, -0.05) is 23.8 Å². The van der Waals surface area contributed by atoms with Crippen molar-refractivity contribution in [3.8, 4) is 0 Å². The Morgan fingerprint density at radius 2 is 1.79 bits per heavy atom. The minimum Gasteiger partial charge on any atom is -0.374 e. The van der Waals surface area contributed by atoms with E-state index in [1.165, 1.54) is 17.0 Å². The first-order valence-corrected chi connectivity index (χ1v) is 13.4. The van der Waals surface area contributed by atoms with Gasteiger partial charge in [0.2, 0.25) is 0 Å². The predicted molar refractivity (Wildman–Crippen MR) is 139 cm³/mol. The monoisotopic (exact) mass is 543 g/mol. The standard InChI is InChI=1S/C30H33F4N3O2/c1-18-12-22(14-23(13-18)30(32,33)34)19(2)35(3)29(39)37-11-10-21-16-36(25-8-9-26(38)15-25)17-27(21)28(37)20-4-6-24(31)7-5-20/h4-7,12-15,19,21,27-28H,8-11,16-17H2,1-3H3/t19?,21?,27-,28?/m1/s1. The summed E-state index contributed by atoms with van der Waals surface area (Å²) < 4.78 is 54.3. The van der Waals surface area contributed by atoms with E-state index in [0.717, 1.165) is 42.8 Å². The number of carbonyl (C=O) groups excluding carboxylic acids is 2. The first-order chi connectivity index (χ1) is 18.4. The highest BCUT2D eigenvalue weighted by Gasteiger charge is 2.47. The number of carbonyl (C=O) groups is 2. The third-order valence-corrected chi connectivity index (χ3v) is 8.58. The zero-order valence-corrected chi connectivity index (χ0v) is 22.3. The molecule has 2 aliphatic heterocycles. The lowest BCUT2D eigenvalue weighted by molar-refractivity contribution is -0.137. The van der Waals surface area contributed by atoms with Crippen LogP contribution < -0.4 is 0 Å². The van der Waals surface area contributed by atoms with Crippen molar-refractivity contribution in [2.75, 3.05) is 26.7 Å². The predicted octanol–water partition coefficient (Wildman–Crippen LogP) is 6.51. The molecule has 2 fully saturated rings. The Labute approximate surface area is 226 Å². The number of allylic oxidation sites excluding steroid dienone is 2. The van der Waals surface area contributed by atoms with Gasteiger partial charge in [0.1, 0.15) is 5.82 Å². The van der Waals surface area contributed by atoms with E-state index in [-0.39, 0.29) is 29.6 Å². The van der Waals surface area contributed by atoms with Crippen molar-refractivity contribution in [2.24, 2.45) is 11.8 Å². The molecule has 2 aromatic carbocycles. The lowest BCUT2D eigenvalue weighted by Gasteiger charge is -2.45. The van der Waals surface area contributed by atoms with Crippen LogP contribution >= 0.6 is 0 Å². The molecule has 4 atom stereocenters. The number of hydrogen-bond acceptors (Lipinski definition) is 3. The molecule has 208 valence electrons. The maximum absolute atomic E-state index is 14.0. The maximum atomic E-state index is 14.0. The molecular weight excluding hydrogens is 510 g/mol. The number of fused-ring (bicyclic) bond motifs is 1. The normalized spacial score (nSPS) is 24.0. The minimum atomic E-state index is -4.48. The summed E-state index contributed by atoms with van der Waals surface area (Å²) in [6.07, 6.45) is -0.744. The molecule has 2 heterocycles. The number of rotatable bonds is 4. The van der Waals surface area contributed by atoms with Gasteiger partial charge in [0.25, 0.3) is 0 Å². The molecule has 0 aromatic heterocycles. The van der Waals surface area contributed by atoms with Crippen molar-refractivity contribution in [1.29, 1.82) is 0 Å². The van der Waals surface area contributed by atoms with Crippen LogP contribution in [-0.4, -0.2) is 53.2 Å². The largest absolute Gasteiger partial charge is 0.416 e. The van der Waals surface area contributed by atoms with Crippen LogP contribution in [0.15, 0.2) is 54.2 Å². The summed E-state index contributed by atoms with van der Waals surface area (Å²) in [5.74, 6) is 0.142. The molecule has 0 radical (unpaired) electrons. The lowest BCUT2D eigenvalue weighted by atomic mass is 9.79. The molecular formula is C30H33F4N3O2. The number of nitrogens with zero attached hydrogens (tertiary/aromatic N) is 3. The number of halogens is 4. The molecule has 0 saturated carbocycles. The topological polar surface area (TPSA) is 43.9 Å². The highest BCUT2D eigenvalue weighted by Crippen LogP contribution is 2.46. The van der Waals surface area contributed by atoms with Crippen molar-refractivity contribution in [3.63, 3.8) is 0 Å². The first-order valence-electron chi connectivity index (χ1n) is 13.4. The molecule has 2 amide bonds. The van der Waals surface area contributed by atoms with E-state index in [1.54, 1.807) is 50.1 Å². The molecule has 5 nitrogen and oxygen atoms in total. The third-order valence-electron chi connectivity index (χ3n) is 8.58. The Morgan fingerprint density at radius 3 is 2.44 bits per heavy atom. The number of ketones is 1. The Bertz CT molecular complexity index is 1290. The number of benzene rings is 2. The van der Waals surface area contributed by atoms with Gasteiger partial charge >= 0.3 is 12.2 Å². The van der Waals surface area contributed by atoms with Crippen LogP contribution in [0.5, 0.6) is 0 Å². The van der Waals surface area contributed by atoms with Crippen molar-refractivity contribution in [1.82, 2.24) is 14.7 Å². The third kappa shape index (κ3) is 5.40. The second-order valence-corrected chi connectivity index (χ2v) is 11.1. The zero-order valence-electron chi connectivity index (χ0n) is 22.3. The van der Waals surface area contributed by atoms with Crippen LogP contribution in [0.4, 0.5) is 22.4 Å². The van der Waals surface area contributed by atoms with Crippen LogP contribution in [0.1, 0.15) is 60.5 Å². The average molecular weight is 544 g/mol. The summed E-state index contributed by atoms with van der Waals surface area (Å²) in [7, 11) is 1.62. The number of urea groups is 1. The fourth-order valence-corrected chi connectivity index (χ4v) is 6.41. The van der Waals surface area contributed by atoms with E-state index < -0.39 is 17.8 Å². The van der Waals surface area contributed by atoms with Crippen LogP contribution in [0.3, 0.4) is 0 Å². The summed E-state index contributed by atoms with van der Waals surface area (Å²) in [5.41, 5.74) is 2.02. The minimum absolute atomic E-state index is 0.0734. The number of aryl methyl sites for hydroxylation is 1. The number of amides is 2. The van der Waals surface area contributed by atoms with Crippen molar-refractivity contribution < 1.29 is 27.2 Å². The molecule has 1 aliphatic carbocycles. The molecule has 2 aromatic rings. The molecule has 39 heavy (non-hydrogen) atoms. The zero-order chi connectivity index (χ0) is 28.1. The van der Waals surface area contributed by atoms with E-state index in [1.807, 2.05) is 0 Å². The molecule has 0 spiro atoms. The summed E-state index contributed by atoms with van der Waals surface area (Å²) >= 11 is 0. The number of likely N-dealkylation sites (tertiary alicyclic amines) is 2. The van der Waals surface area contributed by atoms with Crippen molar-refractivity contribution in [3.05, 3.63) is 82.3 Å². The molecule has 3 aliphatic rings. The number of piperidine rings is 1. The van der Waals surface area contributed by atoms with Gasteiger partial charge in [0.05, 0.1) is 17.6 Å². The van der Waals surface area contributed by atoms with Gasteiger partial charge in [0.15, 0.2) is 5.78 Å². The number of alkyl halides is 3. The van der Waals surface area contributed by atoms with Gasteiger partial charge in [-0.15, -0.1) is 0 Å². The van der Waals surface area contributed by atoms with Gasteiger partial charge < -0.3 is 14.7 Å². The summed E-state index contributed by atoms with van der Waals surface area (Å²) in [4.78, 5) is 31.4. The second-order valence-electron chi connectivity index (χ2n) is 11.1. The molecule has 9 heteroatoms. The fourth-order valence-electron chi connectivity index (χ4n) is 6.41. The van der Waals surface area contributed by atoms with Gasteiger partial charge in [0, 0.05) is 50.8 Å². The van der Waals surface area contributed by atoms with Crippen LogP contribution in [0, 0.1) is 24.6 Å². The molecule has 3 unspecified atom stereocenters. The second kappa shape index (κ2) is 10.3. The van der Waals surface area contributed by atoms with E-state index in [9.17, 15) is 27.2 Å². The highest BCUT2D eigenvalue weighted by molar-refractivity contribution is 5.92. The molecule has 2 saturated heterocycles. The van der Waals surface area contributed by atoms with Crippen LogP contribution in [0.2, 0.25) is 0 Å². The van der Waals surface area contributed by atoms with E-state index in [4.69, 9.17) is 0 Å². The molecule has 0 N–H and O–H groups in total. The first kappa shape index (κ1) is 27.2. The van der Waals surface area contributed by atoms with Crippen molar-refractivity contribution in [2.45, 2.75) is 51.4 Å².